The van der Waals surface area contributed by atoms with E-state index in [0.29, 0.717) is 5.25 Å². The highest BCUT2D eigenvalue weighted by Gasteiger charge is 2.27. The van der Waals surface area contributed by atoms with Crippen molar-refractivity contribution < 1.29 is 0 Å². The average Bonchev–Trinajstić information content (AvgIpc) is 3.21. The number of pyridine rings is 1. The summed E-state index contributed by atoms with van der Waals surface area (Å²) in [6.07, 6.45) is 5.69. The van der Waals surface area contributed by atoms with Crippen molar-refractivity contribution >= 4 is 23.4 Å². The summed E-state index contributed by atoms with van der Waals surface area (Å²) in [5, 5.41) is 11.1. The molecular formula is C18H17ClN4S. The normalized spacial score (nSPS) is 16.3. The van der Waals surface area contributed by atoms with E-state index in [1.54, 1.807) is 24.2 Å². The Bertz CT molecular complexity index is 863. The second kappa shape index (κ2) is 6.57. The Morgan fingerprint density at radius 1 is 1.21 bits per heavy atom. The van der Waals surface area contributed by atoms with Gasteiger partial charge in [-0.3, -0.25) is 4.98 Å². The maximum atomic E-state index is 6.33. The molecule has 0 radical (unpaired) electrons. The molecule has 0 N–H and O–H groups in total. The van der Waals surface area contributed by atoms with Crippen molar-refractivity contribution in [1.29, 1.82) is 0 Å². The Hall–Kier alpha value is -1.85. The second-order valence-electron chi connectivity index (χ2n) is 5.74. The molecule has 0 aliphatic heterocycles. The topological polar surface area (TPSA) is 43.6 Å². The molecule has 1 atom stereocenters. The first-order chi connectivity index (χ1) is 11.8. The number of aromatic nitrogens is 4. The van der Waals surface area contributed by atoms with Crippen LogP contribution >= 0.6 is 23.4 Å². The lowest BCUT2D eigenvalue weighted by Crippen LogP contribution is -2.01. The van der Waals surface area contributed by atoms with Gasteiger partial charge in [-0.15, -0.1) is 10.2 Å². The second-order valence-corrected chi connectivity index (χ2v) is 7.32. The summed E-state index contributed by atoms with van der Waals surface area (Å²) < 4.78 is 2.17. The van der Waals surface area contributed by atoms with Crippen molar-refractivity contribution in [3.63, 3.8) is 0 Å². The van der Waals surface area contributed by atoms with Crippen molar-refractivity contribution in [2.45, 2.75) is 36.7 Å². The number of thioether (sulfide) groups is 1. The van der Waals surface area contributed by atoms with Gasteiger partial charge in [0.05, 0.1) is 0 Å². The molecular weight excluding hydrogens is 340 g/mol. The average molecular weight is 357 g/mol. The quantitative estimate of drug-likeness (QED) is 0.674. The van der Waals surface area contributed by atoms with Crippen LogP contribution in [0.4, 0.5) is 0 Å². The largest absolute Gasteiger partial charge is 0.302 e. The summed E-state index contributed by atoms with van der Waals surface area (Å²) in [5.74, 6) is 0.895. The van der Waals surface area contributed by atoms with Crippen molar-refractivity contribution in [1.82, 2.24) is 19.7 Å². The number of hydrogen-bond acceptors (Lipinski definition) is 4. The fraction of sp³-hybridized carbons (Fsp3) is 0.278. The predicted molar refractivity (Wildman–Crippen MR) is 97.3 cm³/mol. The first-order valence-electron chi connectivity index (χ1n) is 8.05. The van der Waals surface area contributed by atoms with Crippen LogP contribution in [0.2, 0.25) is 5.02 Å². The number of halogens is 1. The molecule has 1 aromatic carbocycles. The molecule has 2 aromatic heterocycles. The Morgan fingerprint density at radius 2 is 2.04 bits per heavy atom. The van der Waals surface area contributed by atoms with E-state index < -0.39 is 0 Å². The molecule has 0 bridgehead atoms. The fourth-order valence-corrected chi connectivity index (χ4v) is 4.74. The van der Waals surface area contributed by atoms with Crippen molar-refractivity contribution in [2.24, 2.45) is 0 Å². The zero-order chi connectivity index (χ0) is 16.5. The van der Waals surface area contributed by atoms with Gasteiger partial charge in [0, 0.05) is 34.8 Å². The maximum Gasteiger partial charge on any atom is 0.192 e. The monoisotopic (exact) mass is 356 g/mol. The minimum Gasteiger partial charge on any atom is -0.302 e. The van der Waals surface area contributed by atoms with Gasteiger partial charge in [-0.2, -0.15) is 0 Å². The number of nitrogens with zero attached hydrogens (tertiary/aromatic N) is 4. The van der Waals surface area contributed by atoms with Gasteiger partial charge in [0.15, 0.2) is 11.0 Å². The van der Waals surface area contributed by atoms with E-state index in [9.17, 15) is 0 Å². The van der Waals surface area contributed by atoms with Gasteiger partial charge in [-0.25, -0.2) is 0 Å². The van der Waals surface area contributed by atoms with E-state index in [1.807, 2.05) is 24.3 Å². The molecule has 0 fully saturated rings. The van der Waals surface area contributed by atoms with Crippen LogP contribution in [0, 0.1) is 0 Å². The van der Waals surface area contributed by atoms with Crippen LogP contribution < -0.4 is 0 Å². The van der Waals surface area contributed by atoms with E-state index >= 15 is 0 Å². The standard InChI is InChI=1S/C18H17ClN4S/c1-2-23-17(12-8-10-20-11-9-12)21-22-18(23)24-16-7-6-13-14(16)4-3-5-15(13)19/h3-5,8-11,16H,2,6-7H2,1H3/t16-/m0/s1. The molecule has 0 amide bonds. The van der Waals surface area contributed by atoms with Gasteiger partial charge < -0.3 is 4.57 Å². The first-order valence-corrected chi connectivity index (χ1v) is 9.31. The van der Waals surface area contributed by atoms with Crippen molar-refractivity contribution in [3.8, 4) is 11.4 Å². The molecule has 6 heteroatoms. The Kier molecular flexibility index (Phi) is 4.29. The molecule has 122 valence electrons. The number of rotatable bonds is 4. The molecule has 3 aromatic rings. The summed E-state index contributed by atoms with van der Waals surface area (Å²) in [6, 6.07) is 10.1. The smallest absolute Gasteiger partial charge is 0.192 e. The third kappa shape index (κ3) is 2.72. The zero-order valence-corrected chi connectivity index (χ0v) is 14.9. The van der Waals surface area contributed by atoms with E-state index in [0.717, 1.165) is 41.0 Å². The highest BCUT2D eigenvalue weighted by Crippen LogP contribution is 2.46. The van der Waals surface area contributed by atoms with E-state index in [-0.39, 0.29) is 0 Å². The Morgan fingerprint density at radius 3 is 2.83 bits per heavy atom. The molecule has 4 nitrogen and oxygen atoms in total. The van der Waals surface area contributed by atoms with Crippen molar-refractivity contribution in [2.75, 3.05) is 0 Å². The van der Waals surface area contributed by atoms with E-state index in [1.165, 1.54) is 11.1 Å². The predicted octanol–water partition coefficient (Wildman–Crippen LogP) is 4.79. The van der Waals surface area contributed by atoms with Crippen molar-refractivity contribution in [3.05, 3.63) is 58.9 Å². The van der Waals surface area contributed by atoms with Crippen LogP contribution in [-0.4, -0.2) is 19.7 Å². The third-order valence-corrected chi connectivity index (χ3v) is 6.02. The Balaban J connectivity index is 1.66. The molecule has 0 unspecified atom stereocenters. The van der Waals surface area contributed by atoms with Crippen LogP contribution in [0.5, 0.6) is 0 Å². The lowest BCUT2D eigenvalue weighted by Gasteiger charge is -2.12. The Labute approximate surface area is 150 Å². The third-order valence-electron chi connectivity index (χ3n) is 4.38. The van der Waals surface area contributed by atoms with Gasteiger partial charge in [-0.1, -0.05) is 35.5 Å². The minimum atomic E-state index is 0.387. The van der Waals surface area contributed by atoms with Gasteiger partial charge >= 0.3 is 0 Å². The lowest BCUT2D eigenvalue weighted by molar-refractivity contribution is 0.684. The first kappa shape index (κ1) is 15.7. The molecule has 0 saturated heterocycles. The van der Waals surface area contributed by atoms with Gasteiger partial charge in [0.2, 0.25) is 0 Å². The molecule has 4 rings (SSSR count). The van der Waals surface area contributed by atoms with E-state index in [4.69, 9.17) is 11.6 Å². The van der Waals surface area contributed by atoms with Crippen LogP contribution in [0.15, 0.2) is 47.9 Å². The highest BCUT2D eigenvalue weighted by molar-refractivity contribution is 7.99. The number of benzene rings is 1. The number of hydrogen-bond donors (Lipinski definition) is 0. The molecule has 24 heavy (non-hydrogen) atoms. The zero-order valence-electron chi connectivity index (χ0n) is 13.3. The molecule has 1 aliphatic rings. The lowest BCUT2D eigenvalue weighted by atomic mass is 10.1. The van der Waals surface area contributed by atoms with Crippen LogP contribution in [0.25, 0.3) is 11.4 Å². The van der Waals surface area contributed by atoms with Gasteiger partial charge in [-0.05, 0) is 49.1 Å². The number of fused-ring (bicyclic) bond motifs is 1. The SMILES string of the molecule is CCn1c(S[C@H]2CCc3c(Cl)cccc32)nnc1-c1ccncc1. The highest BCUT2D eigenvalue weighted by atomic mass is 35.5. The summed E-state index contributed by atoms with van der Waals surface area (Å²) in [5.41, 5.74) is 3.67. The van der Waals surface area contributed by atoms with Crippen LogP contribution in [0.3, 0.4) is 0 Å². The van der Waals surface area contributed by atoms with Gasteiger partial charge in [0.1, 0.15) is 0 Å². The maximum absolute atomic E-state index is 6.33. The minimum absolute atomic E-state index is 0.387. The molecule has 0 saturated carbocycles. The van der Waals surface area contributed by atoms with Crippen LogP contribution in [-0.2, 0) is 13.0 Å². The fourth-order valence-electron chi connectivity index (χ4n) is 3.20. The van der Waals surface area contributed by atoms with Gasteiger partial charge in [0.25, 0.3) is 0 Å². The summed E-state index contributed by atoms with van der Waals surface area (Å²) in [4.78, 5) is 4.07. The van der Waals surface area contributed by atoms with E-state index in [2.05, 4.69) is 32.7 Å². The molecule has 0 spiro atoms. The molecule has 1 aliphatic carbocycles. The summed E-state index contributed by atoms with van der Waals surface area (Å²) in [7, 11) is 0. The summed E-state index contributed by atoms with van der Waals surface area (Å²) >= 11 is 8.12. The molecule has 2 heterocycles. The van der Waals surface area contributed by atoms with Crippen LogP contribution in [0.1, 0.15) is 29.7 Å². The summed E-state index contributed by atoms with van der Waals surface area (Å²) in [6.45, 7) is 2.96.